The van der Waals surface area contributed by atoms with Crippen LogP contribution in [0.2, 0.25) is 0 Å². The Kier molecular flexibility index (Phi) is 5.50. The van der Waals surface area contributed by atoms with Gasteiger partial charge < -0.3 is 5.32 Å². The summed E-state index contributed by atoms with van der Waals surface area (Å²) in [5.74, 6) is 3.99. The molecule has 0 aromatic rings. The molecule has 0 aliphatic carbocycles. The number of nitrogens with one attached hydrogen (secondary N) is 1. The first kappa shape index (κ1) is 9.75. The topological polar surface area (TPSA) is 12.0 Å². The molecule has 11 heavy (non-hydrogen) atoms. The van der Waals surface area contributed by atoms with Crippen LogP contribution in [0.4, 0.5) is 0 Å². The van der Waals surface area contributed by atoms with Crippen LogP contribution in [0.1, 0.15) is 12.8 Å². The van der Waals surface area contributed by atoms with Crippen LogP contribution in [0, 0.1) is 0 Å². The standard InChI is InChI=1S/C8H17NS2/c1-10-5-3-2-4-9-8-6-11-7-8/h8-9H,2-7H2,1H3. The van der Waals surface area contributed by atoms with Crippen molar-refractivity contribution in [1.29, 1.82) is 0 Å². The monoisotopic (exact) mass is 191 g/mol. The maximum atomic E-state index is 3.55. The highest BCUT2D eigenvalue weighted by Gasteiger charge is 2.15. The summed E-state index contributed by atoms with van der Waals surface area (Å²) in [6.45, 7) is 1.23. The van der Waals surface area contributed by atoms with Crippen molar-refractivity contribution in [3.8, 4) is 0 Å². The van der Waals surface area contributed by atoms with E-state index in [0.29, 0.717) is 0 Å². The van der Waals surface area contributed by atoms with Crippen molar-refractivity contribution < 1.29 is 0 Å². The Hall–Kier alpha value is 0.660. The Morgan fingerprint density at radius 1 is 1.45 bits per heavy atom. The number of hydrogen-bond acceptors (Lipinski definition) is 3. The second-order valence-electron chi connectivity index (χ2n) is 2.89. The molecule has 1 aliphatic rings. The largest absolute Gasteiger partial charge is 0.312 e. The van der Waals surface area contributed by atoms with Crippen LogP contribution in [-0.2, 0) is 0 Å². The van der Waals surface area contributed by atoms with Crippen LogP contribution in [0.5, 0.6) is 0 Å². The van der Waals surface area contributed by atoms with Crippen LogP contribution >= 0.6 is 23.5 Å². The predicted molar refractivity (Wildman–Crippen MR) is 56.7 cm³/mol. The van der Waals surface area contributed by atoms with E-state index in [9.17, 15) is 0 Å². The lowest BCUT2D eigenvalue weighted by Crippen LogP contribution is -2.40. The molecule has 0 bridgehead atoms. The lowest BCUT2D eigenvalue weighted by Gasteiger charge is -2.25. The van der Waals surface area contributed by atoms with Gasteiger partial charge in [-0.25, -0.2) is 0 Å². The van der Waals surface area contributed by atoms with Crippen molar-refractivity contribution in [3.63, 3.8) is 0 Å². The average Bonchev–Trinajstić information content (AvgIpc) is 1.93. The number of rotatable bonds is 6. The molecule has 1 saturated heterocycles. The fourth-order valence-electron chi connectivity index (χ4n) is 1.03. The van der Waals surface area contributed by atoms with Gasteiger partial charge >= 0.3 is 0 Å². The summed E-state index contributed by atoms with van der Waals surface area (Å²) in [6, 6.07) is 0.842. The SMILES string of the molecule is CSCCCCNC1CSC1. The van der Waals surface area contributed by atoms with Gasteiger partial charge in [-0.3, -0.25) is 0 Å². The van der Waals surface area contributed by atoms with Crippen molar-refractivity contribution >= 4 is 23.5 Å². The molecule has 0 unspecified atom stereocenters. The third kappa shape index (κ3) is 4.28. The van der Waals surface area contributed by atoms with Gasteiger partial charge in [0.15, 0.2) is 0 Å². The Balaban J connectivity index is 1.73. The Morgan fingerprint density at radius 3 is 2.82 bits per heavy atom. The van der Waals surface area contributed by atoms with Gasteiger partial charge in [0.1, 0.15) is 0 Å². The van der Waals surface area contributed by atoms with E-state index >= 15 is 0 Å². The fraction of sp³-hybridized carbons (Fsp3) is 1.00. The van der Waals surface area contributed by atoms with Gasteiger partial charge in [-0.15, -0.1) is 0 Å². The molecule has 1 heterocycles. The second-order valence-corrected chi connectivity index (χ2v) is 4.95. The first-order valence-electron chi connectivity index (χ1n) is 4.23. The summed E-state index contributed by atoms with van der Waals surface area (Å²) >= 11 is 4.00. The van der Waals surface area contributed by atoms with Crippen LogP contribution in [0.25, 0.3) is 0 Å². The molecule has 1 rings (SSSR count). The molecule has 0 aromatic heterocycles. The van der Waals surface area contributed by atoms with Crippen molar-refractivity contribution in [2.75, 3.05) is 30.1 Å². The number of unbranched alkanes of at least 4 members (excludes halogenated alkanes) is 1. The molecule has 1 N–H and O–H groups in total. The van der Waals surface area contributed by atoms with Gasteiger partial charge in [0, 0.05) is 17.5 Å². The Bertz CT molecular complexity index is 94.1. The molecule has 1 fully saturated rings. The van der Waals surface area contributed by atoms with Gasteiger partial charge in [-0.1, -0.05) is 0 Å². The summed E-state index contributed by atoms with van der Waals surface area (Å²) in [5.41, 5.74) is 0. The zero-order valence-electron chi connectivity index (χ0n) is 7.14. The molecular formula is C8H17NS2. The molecule has 0 atom stereocenters. The number of hydrogen-bond donors (Lipinski definition) is 1. The highest BCUT2D eigenvalue weighted by molar-refractivity contribution is 8.00. The first-order chi connectivity index (χ1) is 5.43. The number of thioether (sulfide) groups is 2. The summed E-state index contributed by atoms with van der Waals surface area (Å²) in [6.07, 6.45) is 4.89. The van der Waals surface area contributed by atoms with Crippen LogP contribution < -0.4 is 5.32 Å². The summed E-state index contributed by atoms with van der Waals surface area (Å²) < 4.78 is 0. The van der Waals surface area contributed by atoms with E-state index in [1.54, 1.807) is 0 Å². The molecule has 0 saturated carbocycles. The molecular weight excluding hydrogens is 174 g/mol. The smallest absolute Gasteiger partial charge is 0.0248 e. The summed E-state index contributed by atoms with van der Waals surface area (Å²) in [5, 5.41) is 3.55. The fourth-order valence-corrected chi connectivity index (χ4v) is 2.23. The molecule has 3 heteroatoms. The van der Waals surface area contributed by atoms with Crippen LogP contribution in [0.15, 0.2) is 0 Å². The van der Waals surface area contributed by atoms with Crippen molar-refractivity contribution in [2.45, 2.75) is 18.9 Å². The van der Waals surface area contributed by atoms with Crippen LogP contribution in [0.3, 0.4) is 0 Å². The van der Waals surface area contributed by atoms with Crippen molar-refractivity contribution in [1.82, 2.24) is 5.32 Å². The maximum Gasteiger partial charge on any atom is 0.0248 e. The van der Waals surface area contributed by atoms with E-state index in [4.69, 9.17) is 0 Å². The van der Waals surface area contributed by atoms with E-state index in [1.807, 2.05) is 23.5 Å². The Labute approximate surface area is 78.1 Å². The zero-order valence-corrected chi connectivity index (χ0v) is 8.77. The highest BCUT2D eigenvalue weighted by Crippen LogP contribution is 2.16. The maximum absolute atomic E-state index is 3.55. The van der Waals surface area contributed by atoms with Crippen molar-refractivity contribution in [3.05, 3.63) is 0 Å². The van der Waals surface area contributed by atoms with E-state index < -0.39 is 0 Å². The van der Waals surface area contributed by atoms with Gasteiger partial charge in [0.25, 0.3) is 0 Å². The van der Waals surface area contributed by atoms with Gasteiger partial charge in [0.2, 0.25) is 0 Å². The van der Waals surface area contributed by atoms with Gasteiger partial charge in [0.05, 0.1) is 0 Å². The Morgan fingerprint density at radius 2 is 2.27 bits per heavy atom. The van der Waals surface area contributed by atoms with Gasteiger partial charge in [-0.2, -0.15) is 23.5 Å². The zero-order chi connectivity index (χ0) is 7.94. The quantitative estimate of drug-likeness (QED) is 0.643. The highest BCUT2D eigenvalue weighted by atomic mass is 32.2. The molecule has 0 aromatic carbocycles. The molecule has 0 radical (unpaired) electrons. The molecule has 66 valence electrons. The minimum Gasteiger partial charge on any atom is -0.312 e. The van der Waals surface area contributed by atoms with E-state index in [1.165, 1.54) is 36.6 Å². The minimum atomic E-state index is 0.842. The van der Waals surface area contributed by atoms with E-state index in [-0.39, 0.29) is 0 Å². The molecule has 1 aliphatic heterocycles. The first-order valence-corrected chi connectivity index (χ1v) is 6.78. The third-order valence-electron chi connectivity index (χ3n) is 1.85. The summed E-state index contributed by atoms with van der Waals surface area (Å²) in [7, 11) is 0. The molecule has 0 amide bonds. The third-order valence-corrected chi connectivity index (χ3v) is 3.82. The summed E-state index contributed by atoms with van der Waals surface area (Å²) in [4.78, 5) is 0. The van der Waals surface area contributed by atoms with E-state index in [0.717, 1.165) is 6.04 Å². The lowest BCUT2D eigenvalue weighted by molar-refractivity contribution is 0.563. The normalized spacial score (nSPS) is 18.3. The van der Waals surface area contributed by atoms with Crippen LogP contribution in [-0.4, -0.2) is 36.1 Å². The molecule has 1 nitrogen and oxygen atoms in total. The lowest BCUT2D eigenvalue weighted by atomic mass is 10.3. The van der Waals surface area contributed by atoms with E-state index in [2.05, 4.69) is 11.6 Å². The van der Waals surface area contributed by atoms with Gasteiger partial charge in [-0.05, 0) is 31.4 Å². The average molecular weight is 191 g/mol. The second kappa shape index (κ2) is 6.21. The predicted octanol–water partition coefficient (Wildman–Crippen LogP) is 1.83. The molecule has 0 spiro atoms. The van der Waals surface area contributed by atoms with Crippen molar-refractivity contribution in [2.24, 2.45) is 0 Å². The minimum absolute atomic E-state index is 0.842.